The van der Waals surface area contributed by atoms with E-state index in [0.717, 1.165) is 11.1 Å². The number of carboxylic acid groups (broad SMARTS) is 1. The molecule has 0 atom stereocenters. The number of nitrogens with zero attached hydrogens (tertiary/aromatic N) is 1. The van der Waals surface area contributed by atoms with E-state index in [9.17, 15) is 14.3 Å². The summed E-state index contributed by atoms with van der Waals surface area (Å²) in [5.74, 6) is -1.23. The van der Waals surface area contributed by atoms with Crippen molar-refractivity contribution in [2.45, 2.75) is 13.5 Å². The van der Waals surface area contributed by atoms with Crippen molar-refractivity contribution in [3.8, 4) is 0 Å². The first-order valence-corrected chi connectivity index (χ1v) is 6.27. The van der Waals surface area contributed by atoms with E-state index in [2.05, 4.69) is 0 Å². The standard InChI is InChI=1S/C16H16FNO2/c1-11-3-8-15(14(9-11)16(19)20)18(2)10-12-4-6-13(17)7-5-12/h3-9H,10H2,1-2H3,(H,19,20). The molecule has 2 rings (SSSR count). The first kappa shape index (κ1) is 14.1. The molecule has 0 aliphatic rings. The summed E-state index contributed by atoms with van der Waals surface area (Å²) >= 11 is 0. The second-order valence-corrected chi connectivity index (χ2v) is 4.81. The summed E-state index contributed by atoms with van der Waals surface area (Å²) in [5, 5.41) is 9.27. The number of benzene rings is 2. The van der Waals surface area contributed by atoms with Gasteiger partial charge in [0.05, 0.1) is 11.3 Å². The average molecular weight is 273 g/mol. The van der Waals surface area contributed by atoms with Crippen molar-refractivity contribution < 1.29 is 14.3 Å². The Morgan fingerprint density at radius 3 is 2.45 bits per heavy atom. The van der Waals surface area contributed by atoms with Crippen LogP contribution in [0.3, 0.4) is 0 Å². The molecular formula is C16H16FNO2. The zero-order chi connectivity index (χ0) is 14.7. The van der Waals surface area contributed by atoms with Gasteiger partial charge in [-0.3, -0.25) is 0 Å². The van der Waals surface area contributed by atoms with Gasteiger partial charge in [-0.25, -0.2) is 9.18 Å². The van der Waals surface area contributed by atoms with Crippen molar-refractivity contribution in [1.82, 2.24) is 0 Å². The first-order valence-electron chi connectivity index (χ1n) is 6.27. The van der Waals surface area contributed by atoms with Gasteiger partial charge in [0, 0.05) is 13.6 Å². The topological polar surface area (TPSA) is 40.5 Å². The molecule has 0 saturated heterocycles. The lowest BCUT2D eigenvalue weighted by Crippen LogP contribution is -2.19. The normalized spacial score (nSPS) is 10.3. The maximum Gasteiger partial charge on any atom is 0.337 e. The van der Waals surface area contributed by atoms with E-state index in [4.69, 9.17) is 0 Å². The van der Waals surface area contributed by atoms with E-state index in [1.54, 1.807) is 24.3 Å². The van der Waals surface area contributed by atoms with Crippen LogP contribution in [0, 0.1) is 12.7 Å². The quantitative estimate of drug-likeness (QED) is 0.927. The third kappa shape index (κ3) is 3.15. The highest BCUT2D eigenvalue weighted by molar-refractivity contribution is 5.94. The molecule has 0 fully saturated rings. The number of hydrogen-bond acceptors (Lipinski definition) is 2. The van der Waals surface area contributed by atoms with E-state index >= 15 is 0 Å². The molecule has 0 spiro atoms. The SMILES string of the molecule is Cc1ccc(N(C)Cc2ccc(F)cc2)c(C(=O)O)c1. The average Bonchev–Trinajstić information content (AvgIpc) is 2.41. The summed E-state index contributed by atoms with van der Waals surface area (Å²) in [5.41, 5.74) is 2.74. The van der Waals surface area contributed by atoms with Gasteiger partial charge in [-0.15, -0.1) is 0 Å². The highest BCUT2D eigenvalue weighted by atomic mass is 19.1. The van der Waals surface area contributed by atoms with Gasteiger partial charge >= 0.3 is 5.97 Å². The molecule has 0 aliphatic carbocycles. The number of carbonyl (C=O) groups is 1. The minimum Gasteiger partial charge on any atom is -0.478 e. The fourth-order valence-corrected chi connectivity index (χ4v) is 2.10. The summed E-state index contributed by atoms with van der Waals surface area (Å²) < 4.78 is 12.9. The van der Waals surface area contributed by atoms with Crippen LogP contribution in [0.25, 0.3) is 0 Å². The molecule has 0 aromatic heterocycles. The lowest BCUT2D eigenvalue weighted by molar-refractivity contribution is 0.0697. The highest BCUT2D eigenvalue weighted by Gasteiger charge is 2.13. The van der Waals surface area contributed by atoms with Crippen molar-refractivity contribution >= 4 is 11.7 Å². The third-order valence-electron chi connectivity index (χ3n) is 3.13. The Labute approximate surface area is 117 Å². The molecule has 0 bridgehead atoms. The molecule has 0 unspecified atom stereocenters. The van der Waals surface area contributed by atoms with E-state index in [1.807, 2.05) is 24.9 Å². The van der Waals surface area contributed by atoms with Crippen LogP contribution >= 0.6 is 0 Å². The number of rotatable bonds is 4. The molecule has 104 valence electrons. The fourth-order valence-electron chi connectivity index (χ4n) is 2.10. The Morgan fingerprint density at radius 1 is 1.20 bits per heavy atom. The number of aromatic carboxylic acids is 1. The maximum absolute atomic E-state index is 12.9. The zero-order valence-corrected chi connectivity index (χ0v) is 11.4. The molecule has 1 N–H and O–H groups in total. The van der Waals surface area contributed by atoms with Crippen LogP contribution in [0.2, 0.25) is 0 Å². The van der Waals surface area contributed by atoms with Gasteiger partial charge < -0.3 is 10.0 Å². The number of aryl methyl sites for hydroxylation is 1. The van der Waals surface area contributed by atoms with Crippen LogP contribution in [-0.4, -0.2) is 18.1 Å². The predicted octanol–water partition coefficient (Wildman–Crippen LogP) is 3.47. The largest absolute Gasteiger partial charge is 0.478 e. The first-order chi connectivity index (χ1) is 9.47. The fraction of sp³-hybridized carbons (Fsp3) is 0.188. The number of hydrogen-bond donors (Lipinski definition) is 1. The van der Waals surface area contributed by atoms with Gasteiger partial charge in [0.15, 0.2) is 0 Å². The minimum atomic E-state index is -0.949. The van der Waals surface area contributed by atoms with E-state index in [0.29, 0.717) is 12.2 Å². The van der Waals surface area contributed by atoms with Crippen LogP contribution in [0.15, 0.2) is 42.5 Å². The molecule has 0 heterocycles. The molecule has 0 amide bonds. The van der Waals surface area contributed by atoms with Gasteiger partial charge in [0.25, 0.3) is 0 Å². The van der Waals surface area contributed by atoms with E-state index in [1.165, 1.54) is 12.1 Å². The molecule has 0 radical (unpaired) electrons. The van der Waals surface area contributed by atoms with Crippen molar-refractivity contribution in [3.05, 3.63) is 65.0 Å². The molecule has 2 aromatic rings. The van der Waals surface area contributed by atoms with E-state index < -0.39 is 5.97 Å². The lowest BCUT2D eigenvalue weighted by Gasteiger charge is -2.21. The summed E-state index contributed by atoms with van der Waals surface area (Å²) in [6.45, 7) is 2.37. The van der Waals surface area contributed by atoms with Crippen molar-refractivity contribution in [2.24, 2.45) is 0 Å². The number of halogens is 1. The molecule has 20 heavy (non-hydrogen) atoms. The molecule has 3 nitrogen and oxygen atoms in total. The second kappa shape index (κ2) is 5.74. The molecule has 0 saturated carbocycles. The summed E-state index contributed by atoms with van der Waals surface area (Å²) in [7, 11) is 1.82. The monoisotopic (exact) mass is 273 g/mol. The van der Waals surface area contributed by atoms with Crippen LogP contribution in [0.4, 0.5) is 10.1 Å². The number of carboxylic acids is 1. The van der Waals surface area contributed by atoms with Crippen LogP contribution in [0.1, 0.15) is 21.5 Å². The van der Waals surface area contributed by atoms with Crippen molar-refractivity contribution in [2.75, 3.05) is 11.9 Å². The third-order valence-corrected chi connectivity index (χ3v) is 3.13. The molecule has 4 heteroatoms. The predicted molar refractivity (Wildman–Crippen MR) is 76.6 cm³/mol. The van der Waals surface area contributed by atoms with Crippen molar-refractivity contribution in [3.63, 3.8) is 0 Å². The Balaban J connectivity index is 2.27. The van der Waals surface area contributed by atoms with Gasteiger partial charge in [-0.2, -0.15) is 0 Å². The summed E-state index contributed by atoms with van der Waals surface area (Å²) in [6, 6.07) is 11.5. The molecular weight excluding hydrogens is 257 g/mol. The number of anilines is 1. The smallest absolute Gasteiger partial charge is 0.337 e. The Morgan fingerprint density at radius 2 is 1.85 bits per heavy atom. The zero-order valence-electron chi connectivity index (χ0n) is 11.4. The van der Waals surface area contributed by atoms with Crippen LogP contribution < -0.4 is 4.90 Å². The summed E-state index contributed by atoms with van der Waals surface area (Å²) in [6.07, 6.45) is 0. The summed E-state index contributed by atoms with van der Waals surface area (Å²) in [4.78, 5) is 13.1. The van der Waals surface area contributed by atoms with Gasteiger partial charge in [-0.1, -0.05) is 23.8 Å². The Bertz CT molecular complexity index is 623. The van der Waals surface area contributed by atoms with Gasteiger partial charge in [-0.05, 0) is 36.8 Å². The van der Waals surface area contributed by atoms with Gasteiger partial charge in [0.1, 0.15) is 5.82 Å². The maximum atomic E-state index is 12.9. The van der Waals surface area contributed by atoms with Crippen LogP contribution in [-0.2, 0) is 6.54 Å². The van der Waals surface area contributed by atoms with Gasteiger partial charge in [0.2, 0.25) is 0 Å². The lowest BCUT2D eigenvalue weighted by atomic mass is 10.1. The minimum absolute atomic E-state index is 0.273. The Kier molecular flexibility index (Phi) is 4.03. The molecule has 2 aromatic carbocycles. The van der Waals surface area contributed by atoms with Crippen molar-refractivity contribution in [1.29, 1.82) is 0 Å². The second-order valence-electron chi connectivity index (χ2n) is 4.81. The molecule has 0 aliphatic heterocycles. The highest BCUT2D eigenvalue weighted by Crippen LogP contribution is 2.22. The van der Waals surface area contributed by atoms with E-state index in [-0.39, 0.29) is 11.4 Å². The Hall–Kier alpha value is -2.36. The van der Waals surface area contributed by atoms with Crippen LogP contribution in [0.5, 0.6) is 0 Å².